The Morgan fingerprint density at radius 3 is 2.12 bits per heavy atom. The van der Waals surface area contributed by atoms with Gasteiger partial charge in [0.15, 0.2) is 0 Å². The van der Waals surface area contributed by atoms with E-state index < -0.39 is 72.8 Å². The Kier molecular flexibility index (Phi) is 13.9. The largest absolute Gasteiger partial charge is 0.394 e. The van der Waals surface area contributed by atoms with Gasteiger partial charge in [-0.15, -0.1) is 0 Å². The maximum Gasteiger partial charge on any atom is 0.389 e. The predicted molar refractivity (Wildman–Crippen MR) is 185 cm³/mol. The Morgan fingerprint density at radius 1 is 0.898 bits per heavy atom. The number of hydrogen-bond acceptors (Lipinski definition) is 16. The van der Waals surface area contributed by atoms with E-state index in [1.165, 1.54) is 35.4 Å². The van der Waals surface area contributed by atoms with Gasteiger partial charge in [-0.05, 0) is 25.2 Å². The number of ether oxygens (including phenoxy) is 3. The third-order valence-electron chi connectivity index (χ3n) is 8.23. The molecule has 2 aromatic heterocycles. The van der Waals surface area contributed by atoms with Crippen LogP contribution in [0.15, 0.2) is 31.6 Å². The van der Waals surface area contributed by atoms with Crippen LogP contribution in [0.2, 0.25) is 0 Å². The summed E-state index contributed by atoms with van der Waals surface area (Å²) in [5, 5.41) is 20.8. The Bertz CT molecular complexity index is 1700. The van der Waals surface area contributed by atoms with Crippen molar-refractivity contribution in [1.29, 1.82) is 0 Å². The number of aliphatic hydroxyl groups excluding tert-OH is 2. The average Bonchev–Trinajstić information content (AvgIpc) is 3.65. The molecule has 0 radical (unpaired) electrons. The molecule has 17 nitrogen and oxygen atoms in total. The second-order valence-electron chi connectivity index (χ2n) is 11.8. The van der Waals surface area contributed by atoms with Crippen molar-refractivity contribution in [3.05, 3.63) is 65.2 Å². The van der Waals surface area contributed by atoms with Gasteiger partial charge in [0.2, 0.25) is 0 Å². The van der Waals surface area contributed by atoms with Gasteiger partial charge in [0.1, 0.15) is 30.8 Å². The maximum atomic E-state index is 14.3. The number of H-pyrrole nitrogens is 2. The molecule has 0 aliphatic carbocycles. The first-order valence-corrected chi connectivity index (χ1v) is 21.4. The first-order valence-electron chi connectivity index (χ1n) is 15.8. The number of nitrogens with one attached hydrogen (secondary N) is 2. The fourth-order valence-corrected chi connectivity index (χ4v) is 11.7. The van der Waals surface area contributed by atoms with Gasteiger partial charge in [0.05, 0.1) is 32.5 Å². The Labute approximate surface area is 293 Å². The van der Waals surface area contributed by atoms with E-state index >= 15 is 0 Å². The van der Waals surface area contributed by atoms with Gasteiger partial charge < -0.3 is 24.4 Å². The van der Waals surface area contributed by atoms with Crippen LogP contribution in [0.3, 0.4) is 0 Å². The van der Waals surface area contributed by atoms with Gasteiger partial charge in [-0.25, -0.2) is 14.2 Å². The van der Waals surface area contributed by atoms with Crippen LogP contribution in [0.25, 0.3) is 0 Å². The van der Waals surface area contributed by atoms with E-state index in [-0.39, 0.29) is 25.0 Å². The Balaban J connectivity index is 1.23. The van der Waals surface area contributed by atoms with E-state index in [2.05, 4.69) is 14.9 Å². The van der Waals surface area contributed by atoms with Crippen molar-refractivity contribution in [2.75, 3.05) is 63.3 Å². The smallest absolute Gasteiger partial charge is 0.389 e. The topological polar surface area (TPSA) is 217 Å². The molecule has 7 atom stereocenters. The second-order valence-corrected chi connectivity index (χ2v) is 18.6. The highest BCUT2D eigenvalue weighted by Crippen LogP contribution is 2.63. The molecule has 3 unspecified atom stereocenters. The number of aryl methyl sites for hydroxylation is 2. The summed E-state index contributed by atoms with van der Waals surface area (Å²) >= 11 is 0.966. The highest BCUT2D eigenvalue weighted by atomic mass is 33.1. The summed E-state index contributed by atoms with van der Waals surface area (Å²) in [7, 11) is 3.34. The van der Waals surface area contributed by atoms with Gasteiger partial charge in [0.25, 0.3) is 11.1 Å². The van der Waals surface area contributed by atoms with Crippen LogP contribution in [-0.2, 0) is 27.8 Å². The van der Waals surface area contributed by atoms with Crippen LogP contribution in [0.4, 0.5) is 0 Å². The van der Waals surface area contributed by atoms with Crippen LogP contribution < -0.4 is 22.5 Å². The number of aromatic amines is 2. The quantitative estimate of drug-likeness (QED) is 0.104. The number of aromatic nitrogens is 4. The van der Waals surface area contributed by atoms with Crippen molar-refractivity contribution < 1.29 is 38.0 Å². The first-order chi connectivity index (χ1) is 23.5. The first kappa shape index (κ1) is 38.5. The summed E-state index contributed by atoms with van der Waals surface area (Å²) in [5.41, 5.74) is -1.88. The molecule has 3 saturated heterocycles. The summed E-state index contributed by atoms with van der Waals surface area (Å²) in [4.78, 5) is 55.4. The van der Waals surface area contributed by atoms with Gasteiger partial charge in [0, 0.05) is 73.3 Å². The third kappa shape index (κ3) is 10.2. The molecule has 0 spiro atoms. The zero-order chi connectivity index (χ0) is 35.1. The van der Waals surface area contributed by atoms with Crippen molar-refractivity contribution in [3.63, 3.8) is 0 Å². The second kappa shape index (κ2) is 17.7. The molecule has 3 aliphatic rings. The third-order valence-corrected chi connectivity index (χ3v) is 14.6. The lowest BCUT2D eigenvalue weighted by atomic mass is 10.2. The minimum absolute atomic E-state index is 0.0219. The molecule has 3 aliphatic heterocycles. The average molecular weight is 768 g/mol. The number of aliphatic hydroxyl groups is 2. The minimum atomic E-state index is -4.01. The van der Waals surface area contributed by atoms with Crippen molar-refractivity contribution in [3.8, 4) is 0 Å². The van der Waals surface area contributed by atoms with Crippen LogP contribution >= 0.6 is 39.8 Å². The van der Waals surface area contributed by atoms with Gasteiger partial charge in [-0.1, -0.05) is 21.6 Å². The normalized spacial score (nSPS) is 27.4. The molecule has 0 aromatic carbocycles. The molecule has 49 heavy (non-hydrogen) atoms. The van der Waals surface area contributed by atoms with Crippen molar-refractivity contribution >= 4 is 39.8 Å². The van der Waals surface area contributed by atoms with Crippen LogP contribution in [0.5, 0.6) is 0 Å². The highest BCUT2D eigenvalue weighted by Gasteiger charge is 2.44. The molecule has 274 valence electrons. The Morgan fingerprint density at radius 2 is 1.49 bits per heavy atom. The molecule has 0 amide bonds. The van der Waals surface area contributed by atoms with Crippen molar-refractivity contribution in [1.82, 2.24) is 24.0 Å². The van der Waals surface area contributed by atoms with Crippen LogP contribution in [0, 0.1) is 13.8 Å². The zero-order valence-electron chi connectivity index (χ0n) is 27.1. The molecule has 0 saturated carbocycles. The Hall–Kier alpha value is -1.68. The molecule has 0 bridgehead atoms. The number of morpholine rings is 1. The fraction of sp³-hybridized carbons (Fsp3) is 0.714. The lowest BCUT2D eigenvalue weighted by Crippen LogP contribution is -2.37. The lowest BCUT2D eigenvalue weighted by molar-refractivity contribution is -0.0510. The summed E-state index contributed by atoms with van der Waals surface area (Å²) in [6.07, 6.45) is -3.03. The van der Waals surface area contributed by atoms with Crippen molar-refractivity contribution in [2.24, 2.45) is 0 Å². The molecule has 2 aromatic rings. The standard InChI is InChI=1S/C28H42N5O12PS3/c1-17-13-32(27(38)29-25(17)36)23-11-19(35)22(44-23)16-42-46(40,47-9-10-49-48-8-5-31-3-6-41-7-4-31)45-20-12-24(43-21(20)15-34)33-14-18(2)26(37)30-28(33)39/h13-14,19-24,34-35H,3-12,15-16H2,1-2H3,(H,29,36,38)(H,30,37,39)/t19?,20?,21-,22-,23-,24-,46?/m1/s1. The minimum Gasteiger partial charge on any atom is -0.394 e. The SMILES string of the molecule is Cc1cn([C@H]2CC(O)[C@@H](COP(=O)(OC3C[C@H](n4cc(C)c(=O)[nH]c4=O)O[C@@H]3CO)SCCSSCCN3CCOCC3)O2)c(=O)[nH]c1=O. The lowest BCUT2D eigenvalue weighted by Gasteiger charge is -2.26. The van der Waals surface area contributed by atoms with Gasteiger partial charge in [-0.2, -0.15) is 0 Å². The monoisotopic (exact) mass is 767 g/mol. The molecule has 4 N–H and O–H groups in total. The van der Waals surface area contributed by atoms with E-state index in [0.717, 1.165) is 50.0 Å². The summed E-state index contributed by atoms with van der Waals surface area (Å²) in [5.74, 6) is 1.92. The van der Waals surface area contributed by atoms with Gasteiger partial charge in [-0.3, -0.25) is 42.6 Å². The zero-order valence-corrected chi connectivity index (χ0v) is 30.4. The molecule has 21 heteroatoms. The summed E-state index contributed by atoms with van der Waals surface area (Å²) in [6.45, 7) is 2.47. The predicted octanol–water partition coefficient (Wildman–Crippen LogP) is 0.589. The molecule has 5 heterocycles. The van der Waals surface area contributed by atoms with E-state index in [9.17, 15) is 34.0 Å². The van der Waals surface area contributed by atoms with E-state index in [4.69, 9.17) is 23.3 Å². The molecule has 3 fully saturated rings. The highest BCUT2D eigenvalue weighted by molar-refractivity contribution is 8.76. The van der Waals surface area contributed by atoms with Crippen molar-refractivity contribution in [2.45, 2.75) is 63.6 Å². The summed E-state index contributed by atoms with van der Waals surface area (Å²) in [6, 6.07) is 0. The number of nitrogens with zero attached hydrogens (tertiary/aromatic N) is 3. The van der Waals surface area contributed by atoms with Gasteiger partial charge >= 0.3 is 18.2 Å². The van der Waals surface area contributed by atoms with E-state index in [1.807, 2.05) is 0 Å². The van der Waals surface area contributed by atoms with Crippen LogP contribution in [0.1, 0.15) is 36.4 Å². The fourth-order valence-electron chi connectivity index (χ4n) is 5.50. The molecular weight excluding hydrogens is 726 g/mol. The summed E-state index contributed by atoms with van der Waals surface area (Å²) < 4.78 is 45.8. The van der Waals surface area contributed by atoms with E-state index in [0.29, 0.717) is 17.1 Å². The van der Waals surface area contributed by atoms with E-state index in [1.54, 1.807) is 21.6 Å². The molecule has 5 rings (SSSR count). The number of rotatable bonds is 16. The maximum absolute atomic E-state index is 14.3. The molecular formula is C28H42N5O12PS3. The number of hydrogen-bond donors (Lipinski definition) is 4. The van der Waals surface area contributed by atoms with Crippen LogP contribution in [-0.4, -0.2) is 122 Å².